The molecule has 1 aromatic carbocycles. The normalized spacial score (nSPS) is 12.2. The summed E-state index contributed by atoms with van der Waals surface area (Å²) in [6.07, 6.45) is -1.62. The molecule has 0 aliphatic carbocycles. The first-order valence-electron chi connectivity index (χ1n) is 3.87. The van der Waals surface area contributed by atoms with Crippen molar-refractivity contribution in [1.82, 2.24) is 0 Å². The van der Waals surface area contributed by atoms with Crippen molar-refractivity contribution >= 4 is 11.8 Å². The molecular formula is C9H11NO3. The molecule has 0 saturated carbocycles. The summed E-state index contributed by atoms with van der Waals surface area (Å²) in [5, 5.41) is 19.8. The van der Waals surface area contributed by atoms with Gasteiger partial charge in [-0.3, -0.25) is 5.32 Å². The molecule has 1 atom stereocenters. The highest BCUT2D eigenvalue weighted by Crippen LogP contribution is 2.15. The number of hydrogen-bond acceptors (Lipinski definition) is 2. The molecule has 0 spiro atoms. The second-order valence-electron chi connectivity index (χ2n) is 2.73. The van der Waals surface area contributed by atoms with E-state index < -0.39 is 12.2 Å². The molecule has 0 saturated heterocycles. The minimum absolute atomic E-state index is 0.497. The average molecular weight is 181 g/mol. The summed E-state index contributed by atoms with van der Waals surface area (Å²) in [6.45, 7) is 1.65. The molecule has 0 fully saturated rings. The molecule has 0 aromatic heterocycles. The summed E-state index contributed by atoms with van der Waals surface area (Å²) in [7, 11) is 0. The molecule has 0 radical (unpaired) electrons. The van der Waals surface area contributed by atoms with Crippen LogP contribution in [0.3, 0.4) is 0 Å². The van der Waals surface area contributed by atoms with E-state index in [1.807, 2.05) is 0 Å². The van der Waals surface area contributed by atoms with Crippen LogP contribution in [0.2, 0.25) is 0 Å². The lowest BCUT2D eigenvalue weighted by Crippen LogP contribution is -2.07. The Bertz CT molecular complexity index is 292. The fourth-order valence-corrected chi connectivity index (χ4v) is 0.968. The monoisotopic (exact) mass is 181 g/mol. The Morgan fingerprint density at radius 1 is 1.38 bits per heavy atom. The first-order valence-corrected chi connectivity index (χ1v) is 3.87. The smallest absolute Gasteiger partial charge is 0.409 e. The Hall–Kier alpha value is -1.55. The van der Waals surface area contributed by atoms with Crippen LogP contribution < -0.4 is 5.32 Å². The standard InChI is InChI=1S/C9H11NO3/c1-6(11)7-2-4-8(5-3-7)10-9(12)13/h2-6,10-11H,1H3,(H,12,13)/t6-/m1/s1. The van der Waals surface area contributed by atoms with E-state index in [9.17, 15) is 4.79 Å². The van der Waals surface area contributed by atoms with Gasteiger partial charge >= 0.3 is 6.09 Å². The van der Waals surface area contributed by atoms with E-state index in [4.69, 9.17) is 10.2 Å². The van der Waals surface area contributed by atoms with Gasteiger partial charge in [-0.05, 0) is 24.6 Å². The fourth-order valence-electron chi connectivity index (χ4n) is 0.968. The van der Waals surface area contributed by atoms with Crippen molar-refractivity contribution in [2.24, 2.45) is 0 Å². The maximum Gasteiger partial charge on any atom is 0.409 e. The Balaban J connectivity index is 2.75. The van der Waals surface area contributed by atoms with Gasteiger partial charge in [0.15, 0.2) is 0 Å². The van der Waals surface area contributed by atoms with E-state index in [0.717, 1.165) is 5.56 Å². The predicted molar refractivity (Wildman–Crippen MR) is 48.7 cm³/mol. The number of aliphatic hydroxyl groups excluding tert-OH is 1. The van der Waals surface area contributed by atoms with Gasteiger partial charge in [0.25, 0.3) is 0 Å². The number of carbonyl (C=O) groups is 1. The summed E-state index contributed by atoms with van der Waals surface area (Å²) in [6, 6.07) is 6.57. The van der Waals surface area contributed by atoms with Crippen LogP contribution in [0.1, 0.15) is 18.6 Å². The molecule has 1 aromatic rings. The molecule has 0 bridgehead atoms. The van der Waals surface area contributed by atoms with Gasteiger partial charge in [-0.15, -0.1) is 0 Å². The molecule has 4 heteroatoms. The molecule has 0 heterocycles. The first-order chi connectivity index (χ1) is 6.09. The third-order valence-electron chi connectivity index (χ3n) is 1.64. The van der Waals surface area contributed by atoms with Crippen molar-refractivity contribution in [2.45, 2.75) is 13.0 Å². The van der Waals surface area contributed by atoms with Gasteiger partial charge in [0.1, 0.15) is 0 Å². The molecule has 13 heavy (non-hydrogen) atoms. The second kappa shape index (κ2) is 3.91. The number of amides is 1. The third-order valence-corrected chi connectivity index (χ3v) is 1.64. The molecule has 1 amide bonds. The van der Waals surface area contributed by atoms with Crippen molar-refractivity contribution in [3.05, 3.63) is 29.8 Å². The Kier molecular flexibility index (Phi) is 2.87. The number of carboxylic acid groups (broad SMARTS) is 1. The highest BCUT2D eigenvalue weighted by atomic mass is 16.4. The van der Waals surface area contributed by atoms with E-state index in [1.165, 1.54) is 0 Å². The largest absolute Gasteiger partial charge is 0.465 e. The number of nitrogens with one attached hydrogen (secondary N) is 1. The second-order valence-corrected chi connectivity index (χ2v) is 2.73. The van der Waals surface area contributed by atoms with Gasteiger partial charge in [-0.1, -0.05) is 12.1 Å². The van der Waals surface area contributed by atoms with Crippen molar-refractivity contribution in [1.29, 1.82) is 0 Å². The van der Waals surface area contributed by atoms with E-state index in [2.05, 4.69) is 5.32 Å². The number of rotatable bonds is 2. The third kappa shape index (κ3) is 2.76. The summed E-state index contributed by atoms with van der Waals surface area (Å²) in [5.41, 5.74) is 1.26. The number of anilines is 1. The quantitative estimate of drug-likeness (QED) is 0.651. The summed E-state index contributed by atoms with van der Waals surface area (Å²) < 4.78 is 0. The van der Waals surface area contributed by atoms with Crippen molar-refractivity contribution < 1.29 is 15.0 Å². The lowest BCUT2D eigenvalue weighted by molar-refractivity contribution is 0.199. The number of hydrogen-bond donors (Lipinski definition) is 3. The van der Waals surface area contributed by atoms with E-state index in [-0.39, 0.29) is 0 Å². The maximum absolute atomic E-state index is 10.2. The van der Waals surface area contributed by atoms with Crippen LogP contribution >= 0.6 is 0 Å². The van der Waals surface area contributed by atoms with Crippen molar-refractivity contribution in [2.75, 3.05) is 5.32 Å². The summed E-state index contributed by atoms with van der Waals surface area (Å²) >= 11 is 0. The fraction of sp³-hybridized carbons (Fsp3) is 0.222. The van der Waals surface area contributed by atoms with Gasteiger partial charge in [0.2, 0.25) is 0 Å². The molecule has 4 nitrogen and oxygen atoms in total. The van der Waals surface area contributed by atoms with Crippen LogP contribution in [0.25, 0.3) is 0 Å². The maximum atomic E-state index is 10.2. The van der Waals surface area contributed by atoms with Gasteiger partial charge in [-0.25, -0.2) is 4.79 Å². The van der Waals surface area contributed by atoms with E-state index in [1.54, 1.807) is 31.2 Å². The van der Waals surface area contributed by atoms with E-state index in [0.29, 0.717) is 5.69 Å². The molecule has 1 rings (SSSR count). The minimum Gasteiger partial charge on any atom is -0.465 e. The zero-order chi connectivity index (χ0) is 9.84. The predicted octanol–water partition coefficient (Wildman–Crippen LogP) is 1.83. The SMILES string of the molecule is C[C@@H](O)c1ccc(NC(=O)O)cc1. The van der Waals surface area contributed by atoms with Crippen LogP contribution in [0.5, 0.6) is 0 Å². The lowest BCUT2D eigenvalue weighted by atomic mass is 10.1. The van der Waals surface area contributed by atoms with Crippen LogP contribution in [0.4, 0.5) is 10.5 Å². The Labute approximate surface area is 75.8 Å². The first kappa shape index (κ1) is 9.54. The zero-order valence-corrected chi connectivity index (χ0v) is 7.19. The lowest BCUT2D eigenvalue weighted by Gasteiger charge is -2.05. The number of benzene rings is 1. The molecule has 3 N–H and O–H groups in total. The topological polar surface area (TPSA) is 69.6 Å². The van der Waals surface area contributed by atoms with Gasteiger partial charge in [0.05, 0.1) is 6.10 Å². The molecule has 0 aliphatic rings. The Morgan fingerprint density at radius 2 is 1.92 bits per heavy atom. The number of aliphatic hydroxyl groups is 1. The van der Waals surface area contributed by atoms with Gasteiger partial charge in [-0.2, -0.15) is 0 Å². The highest BCUT2D eigenvalue weighted by Gasteiger charge is 2.01. The van der Waals surface area contributed by atoms with E-state index >= 15 is 0 Å². The summed E-state index contributed by atoms with van der Waals surface area (Å²) in [4.78, 5) is 10.2. The Morgan fingerprint density at radius 3 is 2.31 bits per heavy atom. The molecule has 0 aliphatic heterocycles. The van der Waals surface area contributed by atoms with Crippen molar-refractivity contribution in [3.63, 3.8) is 0 Å². The highest BCUT2D eigenvalue weighted by molar-refractivity contribution is 5.82. The molecular weight excluding hydrogens is 170 g/mol. The molecule has 0 unspecified atom stereocenters. The van der Waals surface area contributed by atoms with Crippen LogP contribution in [0, 0.1) is 0 Å². The van der Waals surface area contributed by atoms with Crippen LogP contribution in [0.15, 0.2) is 24.3 Å². The zero-order valence-electron chi connectivity index (χ0n) is 7.19. The summed E-state index contributed by atoms with van der Waals surface area (Å²) in [5.74, 6) is 0. The van der Waals surface area contributed by atoms with Crippen molar-refractivity contribution in [3.8, 4) is 0 Å². The molecule has 70 valence electrons. The van der Waals surface area contributed by atoms with Gasteiger partial charge in [0, 0.05) is 5.69 Å². The van der Waals surface area contributed by atoms with Gasteiger partial charge < -0.3 is 10.2 Å². The van der Waals surface area contributed by atoms with Crippen LogP contribution in [-0.4, -0.2) is 16.3 Å². The van der Waals surface area contributed by atoms with Crippen LogP contribution in [-0.2, 0) is 0 Å². The average Bonchev–Trinajstić information content (AvgIpc) is 2.04. The minimum atomic E-state index is -1.09.